The molecule has 0 fully saturated rings. The van der Waals surface area contributed by atoms with Crippen molar-refractivity contribution in [3.05, 3.63) is 78.3 Å². The van der Waals surface area contributed by atoms with E-state index in [1.54, 1.807) is 42.7 Å². The van der Waals surface area contributed by atoms with Crippen molar-refractivity contribution in [1.82, 2.24) is 5.32 Å². The molecule has 3 rings (SSSR count). The lowest BCUT2D eigenvalue weighted by Gasteiger charge is -2.11. The van der Waals surface area contributed by atoms with Gasteiger partial charge in [0, 0.05) is 23.0 Å². The average Bonchev–Trinajstić information content (AvgIpc) is 3.35. The number of anilines is 2. The minimum atomic E-state index is -0.243. The number of nitrogens with one attached hydrogen (secondary N) is 3. The quantitative estimate of drug-likeness (QED) is 0.311. The van der Waals surface area contributed by atoms with E-state index < -0.39 is 0 Å². The molecule has 33 heavy (non-hydrogen) atoms. The average molecular weight is 450 g/mol. The number of carbonyl (C=O) groups excluding carboxylic acids is 2. The molecule has 0 saturated heterocycles. The van der Waals surface area contributed by atoms with Gasteiger partial charge in [-0.3, -0.25) is 9.59 Å². The Morgan fingerprint density at radius 1 is 0.939 bits per heavy atom. The summed E-state index contributed by atoms with van der Waals surface area (Å²) in [6.45, 7) is 3.27. The fourth-order valence-electron chi connectivity index (χ4n) is 3.22. The van der Waals surface area contributed by atoms with Crippen molar-refractivity contribution in [1.29, 1.82) is 0 Å². The predicted molar refractivity (Wildman–Crippen MR) is 130 cm³/mol. The third-order valence-electron chi connectivity index (χ3n) is 4.97. The number of unbranched alkanes of at least 4 members (excludes halogenated alkanes) is 3. The monoisotopic (exact) mass is 449 g/mol. The van der Waals surface area contributed by atoms with Crippen molar-refractivity contribution in [3.63, 3.8) is 0 Å². The molecule has 0 unspecified atom stereocenters. The smallest absolute Gasteiger partial charge is 0.251 e. The molecule has 7 heteroatoms. The molecule has 0 bridgehead atoms. The van der Waals surface area contributed by atoms with Crippen LogP contribution in [0.25, 0.3) is 0 Å². The van der Waals surface area contributed by atoms with E-state index in [1.807, 2.05) is 24.3 Å². The molecule has 3 N–H and O–H groups in total. The SMILES string of the molecule is CCCCCCOc1cccc(NCC(=O)Nc2cccc(C(=O)NCc3ccco3)c2)c1. The van der Waals surface area contributed by atoms with E-state index in [4.69, 9.17) is 9.15 Å². The van der Waals surface area contributed by atoms with Crippen LogP contribution in [0.2, 0.25) is 0 Å². The summed E-state index contributed by atoms with van der Waals surface area (Å²) < 4.78 is 11.0. The number of hydrogen-bond acceptors (Lipinski definition) is 5. The van der Waals surface area contributed by atoms with Gasteiger partial charge in [-0.05, 0) is 48.9 Å². The molecule has 0 aliphatic rings. The molecule has 1 aromatic heterocycles. The molecular weight excluding hydrogens is 418 g/mol. The molecule has 3 aromatic rings. The van der Waals surface area contributed by atoms with Crippen molar-refractivity contribution >= 4 is 23.2 Å². The van der Waals surface area contributed by atoms with Gasteiger partial charge in [-0.2, -0.15) is 0 Å². The Bertz CT molecular complexity index is 1020. The second-order valence-electron chi connectivity index (χ2n) is 7.68. The molecule has 0 aliphatic heterocycles. The Kier molecular flexibility index (Phi) is 9.39. The Morgan fingerprint density at radius 3 is 2.61 bits per heavy atom. The second kappa shape index (κ2) is 13.0. The minimum absolute atomic E-state index is 0.0921. The van der Waals surface area contributed by atoms with Gasteiger partial charge in [-0.1, -0.05) is 38.3 Å². The van der Waals surface area contributed by atoms with E-state index in [0.717, 1.165) is 17.9 Å². The van der Waals surface area contributed by atoms with E-state index in [9.17, 15) is 9.59 Å². The summed E-state index contributed by atoms with van der Waals surface area (Å²) in [7, 11) is 0. The van der Waals surface area contributed by atoms with Gasteiger partial charge in [0.1, 0.15) is 11.5 Å². The summed E-state index contributed by atoms with van der Waals surface area (Å²) in [6.07, 6.45) is 6.18. The molecule has 0 aliphatic carbocycles. The van der Waals surface area contributed by atoms with Gasteiger partial charge in [-0.25, -0.2) is 0 Å². The lowest BCUT2D eigenvalue weighted by Crippen LogP contribution is -2.24. The first-order chi connectivity index (χ1) is 16.1. The number of furan rings is 1. The maximum absolute atomic E-state index is 12.4. The maximum Gasteiger partial charge on any atom is 0.251 e. The molecule has 2 aromatic carbocycles. The number of amides is 2. The van der Waals surface area contributed by atoms with Crippen LogP contribution >= 0.6 is 0 Å². The molecule has 2 amide bonds. The number of carbonyl (C=O) groups is 2. The van der Waals surface area contributed by atoms with E-state index in [-0.39, 0.29) is 18.4 Å². The lowest BCUT2D eigenvalue weighted by atomic mass is 10.2. The first-order valence-electron chi connectivity index (χ1n) is 11.3. The Hall–Kier alpha value is -3.74. The zero-order valence-electron chi connectivity index (χ0n) is 18.9. The van der Waals surface area contributed by atoms with Gasteiger partial charge in [0.2, 0.25) is 5.91 Å². The van der Waals surface area contributed by atoms with Gasteiger partial charge < -0.3 is 25.1 Å². The molecule has 1 heterocycles. The van der Waals surface area contributed by atoms with Gasteiger partial charge >= 0.3 is 0 Å². The van der Waals surface area contributed by atoms with Crippen LogP contribution in [0.4, 0.5) is 11.4 Å². The summed E-state index contributed by atoms with van der Waals surface area (Å²) >= 11 is 0. The number of ether oxygens (including phenoxy) is 1. The molecule has 0 spiro atoms. The van der Waals surface area contributed by atoms with Crippen LogP contribution < -0.4 is 20.7 Å². The van der Waals surface area contributed by atoms with E-state index >= 15 is 0 Å². The summed E-state index contributed by atoms with van der Waals surface area (Å²) in [4.78, 5) is 24.7. The third-order valence-corrected chi connectivity index (χ3v) is 4.97. The van der Waals surface area contributed by atoms with E-state index in [2.05, 4.69) is 22.9 Å². The molecule has 174 valence electrons. The standard InChI is InChI=1S/C26H31N3O4/c1-2-3-4-5-14-32-23-12-7-10-21(17-23)27-19-25(30)29-22-11-6-9-20(16-22)26(31)28-18-24-13-8-15-33-24/h6-13,15-17,27H,2-5,14,18-19H2,1H3,(H,28,31)(H,29,30). The van der Waals surface area contributed by atoms with Crippen molar-refractivity contribution in [2.75, 3.05) is 23.8 Å². The normalized spacial score (nSPS) is 10.5. The Morgan fingerprint density at radius 2 is 1.79 bits per heavy atom. The fraction of sp³-hybridized carbons (Fsp3) is 0.308. The van der Waals surface area contributed by atoms with Crippen LogP contribution in [0.15, 0.2) is 71.3 Å². The van der Waals surface area contributed by atoms with Crippen LogP contribution in [-0.2, 0) is 11.3 Å². The zero-order valence-corrected chi connectivity index (χ0v) is 18.9. The summed E-state index contributed by atoms with van der Waals surface area (Å²) in [5.41, 5.74) is 1.81. The fourth-order valence-corrected chi connectivity index (χ4v) is 3.22. The van der Waals surface area contributed by atoms with Crippen molar-refractivity contribution in [3.8, 4) is 5.75 Å². The third kappa shape index (κ3) is 8.37. The highest BCUT2D eigenvalue weighted by molar-refractivity contribution is 5.98. The summed E-state index contributed by atoms with van der Waals surface area (Å²) in [5, 5.41) is 8.71. The number of hydrogen-bond donors (Lipinski definition) is 3. The van der Waals surface area contributed by atoms with Crippen LogP contribution in [-0.4, -0.2) is 25.0 Å². The Labute approximate surface area is 194 Å². The molecule has 0 radical (unpaired) electrons. The highest BCUT2D eigenvalue weighted by Gasteiger charge is 2.09. The number of rotatable bonds is 13. The second-order valence-corrected chi connectivity index (χ2v) is 7.68. The summed E-state index contributed by atoms with van der Waals surface area (Å²) in [5.74, 6) is 0.996. The zero-order chi connectivity index (χ0) is 23.3. The van der Waals surface area contributed by atoms with Gasteiger partial charge in [0.05, 0.1) is 26.0 Å². The van der Waals surface area contributed by atoms with Gasteiger partial charge in [-0.15, -0.1) is 0 Å². The molecule has 0 saturated carbocycles. The first-order valence-corrected chi connectivity index (χ1v) is 11.3. The molecular formula is C26H31N3O4. The van der Waals surface area contributed by atoms with Gasteiger partial charge in [0.25, 0.3) is 5.91 Å². The van der Waals surface area contributed by atoms with E-state index in [1.165, 1.54) is 19.3 Å². The van der Waals surface area contributed by atoms with Crippen LogP contribution in [0.1, 0.15) is 48.7 Å². The predicted octanol–water partition coefficient (Wildman–Crippen LogP) is 5.22. The topological polar surface area (TPSA) is 92.6 Å². The molecule has 0 atom stereocenters. The van der Waals surface area contributed by atoms with Crippen LogP contribution in [0, 0.1) is 0 Å². The highest BCUT2D eigenvalue weighted by atomic mass is 16.5. The van der Waals surface area contributed by atoms with Crippen molar-refractivity contribution in [2.24, 2.45) is 0 Å². The Balaban J connectivity index is 1.44. The maximum atomic E-state index is 12.4. The largest absolute Gasteiger partial charge is 0.494 e. The lowest BCUT2D eigenvalue weighted by molar-refractivity contribution is -0.114. The van der Waals surface area contributed by atoms with Crippen LogP contribution in [0.3, 0.4) is 0 Å². The molecule has 7 nitrogen and oxygen atoms in total. The van der Waals surface area contributed by atoms with Crippen LogP contribution in [0.5, 0.6) is 5.75 Å². The summed E-state index contributed by atoms with van der Waals surface area (Å²) in [6, 6.07) is 17.9. The minimum Gasteiger partial charge on any atom is -0.494 e. The van der Waals surface area contributed by atoms with E-state index in [0.29, 0.717) is 30.2 Å². The van der Waals surface area contributed by atoms with Crippen molar-refractivity contribution in [2.45, 2.75) is 39.2 Å². The van der Waals surface area contributed by atoms with Crippen molar-refractivity contribution < 1.29 is 18.7 Å². The highest BCUT2D eigenvalue weighted by Crippen LogP contribution is 2.18. The van der Waals surface area contributed by atoms with Gasteiger partial charge in [0.15, 0.2) is 0 Å². The first kappa shape index (κ1) is 23.9. The number of benzene rings is 2.